The molecule has 2 N–H and O–H groups in total. The van der Waals surface area contributed by atoms with Crippen molar-refractivity contribution in [3.63, 3.8) is 0 Å². The topological polar surface area (TPSA) is 61.4 Å². The monoisotopic (exact) mass is 329 g/mol. The third-order valence-corrected chi connectivity index (χ3v) is 5.06. The number of rotatable bonds is 5. The summed E-state index contributed by atoms with van der Waals surface area (Å²) in [5, 5.41) is 5.88. The minimum Gasteiger partial charge on any atom is -0.359 e. The van der Waals surface area contributed by atoms with Crippen molar-refractivity contribution in [2.75, 3.05) is 29.9 Å². The van der Waals surface area contributed by atoms with Crippen LogP contribution in [0.5, 0.6) is 0 Å². The molecule has 1 aliphatic heterocycles. The van der Waals surface area contributed by atoms with Crippen LogP contribution in [0.3, 0.4) is 0 Å². The van der Waals surface area contributed by atoms with Crippen LogP contribution in [0.1, 0.15) is 44.9 Å². The highest BCUT2D eigenvalue weighted by atomic mass is 16.2. The number of hydrogen-bond donors (Lipinski definition) is 2. The van der Waals surface area contributed by atoms with Crippen LogP contribution in [0.25, 0.3) is 0 Å². The van der Waals surface area contributed by atoms with Crippen molar-refractivity contribution >= 4 is 23.2 Å². The summed E-state index contributed by atoms with van der Waals surface area (Å²) in [5.41, 5.74) is 1.74. The van der Waals surface area contributed by atoms with E-state index in [-0.39, 0.29) is 11.8 Å². The van der Waals surface area contributed by atoms with Crippen LogP contribution in [0, 0.1) is 5.92 Å². The molecular weight excluding hydrogens is 302 g/mol. The lowest BCUT2D eigenvalue weighted by Crippen LogP contribution is -2.47. The van der Waals surface area contributed by atoms with Crippen LogP contribution >= 0.6 is 0 Å². The summed E-state index contributed by atoms with van der Waals surface area (Å²) in [6.07, 6.45) is 8.08. The van der Waals surface area contributed by atoms with Gasteiger partial charge in [0.15, 0.2) is 0 Å². The summed E-state index contributed by atoms with van der Waals surface area (Å²) in [4.78, 5) is 26.0. The normalized spacial score (nSPS) is 19.0. The smallest absolute Gasteiger partial charge is 0.239 e. The predicted octanol–water partition coefficient (Wildman–Crippen LogP) is 2.92. The summed E-state index contributed by atoms with van der Waals surface area (Å²) >= 11 is 0. The van der Waals surface area contributed by atoms with E-state index >= 15 is 0 Å². The van der Waals surface area contributed by atoms with Gasteiger partial charge in [0.05, 0.1) is 17.9 Å². The van der Waals surface area contributed by atoms with Crippen molar-refractivity contribution in [1.29, 1.82) is 0 Å². The summed E-state index contributed by atoms with van der Waals surface area (Å²) in [7, 11) is 0. The number of amides is 2. The Morgan fingerprint density at radius 3 is 2.79 bits per heavy atom. The molecule has 1 saturated heterocycles. The molecule has 1 heterocycles. The maximum atomic E-state index is 12.3. The lowest BCUT2D eigenvalue weighted by Gasteiger charge is -2.30. The standard InChI is InChI=1S/C19H27N3O2/c23-18(11-10-15-6-2-1-3-7-15)21-16-8-4-5-9-17(16)22-13-12-20-19(24)14-22/h4-5,8-9,15H,1-3,6-7,10-14H2,(H,20,24)(H,21,23). The van der Waals surface area contributed by atoms with Gasteiger partial charge in [-0.3, -0.25) is 9.59 Å². The molecule has 2 aliphatic rings. The summed E-state index contributed by atoms with van der Waals surface area (Å²) in [5.74, 6) is 0.819. The number of para-hydroxylation sites is 2. The fraction of sp³-hybridized carbons (Fsp3) is 0.579. The first kappa shape index (κ1) is 16.8. The Bertz CT molecular complexity index is 582. The van der Waals surface area contributed by atoms with Crippen LogP contribution in [-0.4, -0.2) is 31.4 Å². The van der Waals surface area contributed by atoms with Gasteiger partial charge in [0.2, 0.25) is 11.8 Å². The molecule has 1 saturated carbocycles. The molecule has 2 amide bonds. The van der Waals surface area contributed by atoms with Crippen LogP contribution in [0.15, 0.2) is 24.3 Å². The molecule has 0 aromatic heterocycles. The average Bonchev–Trinajstić information content (AvgIpc) is 2.61. The number of carbonyl (C=O) groups excluding carboxylic acids is 2. The Kier molecular flexibility index (Phi) is 5.72. The van der Waals surface area contributed by atoms with E-state index in [1.165, 1.54) is 32.1 Å². The Labute approximate surface area is 143 Å². The first-order valence-electron chi connectivity index (χ1n) is 9.13. The van der Waals surface area contributed by atoms with E-state index in [0.29, 0.717) is 25.4 Å². The molecule has 1 aromatic rings. The van der Waals surface area contributed by atoms with Crippen molar-refractivity contribution < 1.29 is 9.59 Å². The molecule has 0 unspecified atom stereocenters. The van der Waals surface area contributed by atoms with Crippen molar-refractivity contribution in [2.45, 2.75) is 44.9 Å². The number of nitrogens with one attached hydrogen (secondary N) is 2. The van der Waals surface area contributed by atoms with Gasteiger partial charge in [0.25, 0.3) is 0 Å². The zero-order valence-corrected chi connectivity index (χ0v) is 14.2. The van der Waals surface area contributed by atoms with Gasteiger partial charge in [-0.15, -0.1) is 0 Å². The summed E-state index contributed by atoms with van der Waals surface area (Å²) < 4.78 is 0. The Balaban J connectivity index is 1.58. The molecule has 0 spiro atoms. The van der Waals surface area contributed by atoms with E-state index < -0.39 is 0 Å². The largest absolute Gasteiger partial charge is 0.359 e. The van der Waals surface area contributed by atoms with E-state index in [1.54, 1.807) is 0 Å². The minimum absolute atomic E-state index is 0.0275. The van der Waals surface area contributed by atoms with Crippen molar-refractivity contribution in [3.05, 3.63) is 24.3 Å². The third-order valence-electron chi connectivity index (χ3n) is 5.06. The highest BCUT2D eigenvalue weighted by Crippen LogP contribution is 2.29. The average molecular weight is 329 g/mol. The second-order valence-corrected chi connectivity index (χ2v) is 6.88. The zero-order chi connectivity index (χ0) is 16.8. The van der Waals surface area contributed by atoms with E-state index in [0.717, 1.165) is 24.3 Å². The fourth-order valence-electron chi connectivity index (χ4n) is 3.72. The number of benzene rings is 1. The third kappa shape index (κ3) is 4.49. The molecular formula is C19H27N3O2. The highest BCUT2D eigenvalue weighted by molar-refractivity contribution is 5.95. The first-order chi connectivity index (χ1) is 11.7. The highest BCUT2D eigenvalue weighted by Gasteiger charge is 2.20. The van der Waals surface area contributed by atoms with Gasteiger partial charge < -0.3 is 15.5 Å². The maximum absolute atomic E-state index is 12.3. The number of anilines is 2. The molecule has 0 bridgehead atoms. The number of carbonyl (C=O) groups is 2. The number of piperazine rings is 1. The van der Waals surface area contributed by atoms with Gasteiger partial charge in [-0.25, -0.2) is 0 Å². The quantitative estimate of drug-likeness (QED) is 0.873. The predicted molar refractivity (Wildman–Crippen MR) is 96.1 cm³/mol. The minimum atomic E-state index is 0.0275. The van der Waals surface area contributed by atoms with Gasteiger partial charge in [-0.05, 0) is 24.5 Å². The van der Waals surface area contributed by atoms with Crippen LogP contribution in [-0.2, 0) is 9.59 Å². The van der Waals surface area contributed by atoms with Crippen LogP contribution in [0.4, 0.5) is 11.4 Å². The molecule has 5 nitrogen and oxygen atoms in total. The van der Waals surface area contributed by atoms with E-state index in [1.807, 2.05) is 29.2 Å². The summed E-state index contributed by atoms with van der Waals surface area (Å²) in [6, 6.07) is 7.75. The lowest BCUT2D eigenvalue weighted by molar-refractivity contribution is -0.120. The van der Waals surface area contributed by atoms with E-state index in [9.17, 15) is 9.59 Å². The molecule has 0 radical (unpaired) electrons. The second-order valence-electron chi connectivity index (χ2n) is 6.88. The second kappa shape index (κ2) is 8.18. The number of hydrogen-bond acceptors (Lipinski definition) is 3. The molecule has 5 heteroatoms. The van der Waals surface area contributed by atoms with Crippen molar-refractivity contribution in [3.8, 4) is 0 Å². The van der Waals surface area contributed by atoms with E-state index in [4.69, 9.17) is 0 Å². The van der Waals surface area contributed by atoms with Crippen LogP contribution < -0.4 is 15.5 Å². The van der Waals surface area contributed by atoms with Gasteiger partial charge in [0.1, 0.15) is 0 Å². The first-order valence-corrected chi connectivity index (χ1v) is 9.13. The van der Waals surface area contributed by atoms with Crippen LogP contribution in [0.2, 0.25) is 0 Å². The van der Waals surface area contributed by atoms with Gasteiger partial charge >= 0.3 is 0 Å². The van der Waals surface area contributed by atoms with Gasteiger partial charge in [0, 0.05) is 19.5 Å². The Morgan fingerprint density at radius 1 is 1.21 bits per heavy atom. The lowest BCUT2D eigenvalue weighted by atomic mass is 9.86. The molecule has 1 aliphatic carbocycles. The Hall–Kier alpha value is -2.04. The van der Waals surface area contributed by atoms with Crippen molar-refractivity contribution in [2.24, 2.45) is 5.92 Å². The zero-order valence-electron chi connectivity index (χ0n) is 14.2. The van der Waals surface area contributed by atoms with Gasteiger partial charge in [-0.1, -0.05) is 44.2 Å². The molecule has 24 heavy (non-hydrogen) atoms. The SMILES string of the molecule is O=C1CN(c2ccccc2NC(=O)CCC2CCCCC2)CCN1. The molecule has 2 fully saturated rings. The maximum Gasteiger partial charge on any atom is 0.239 e. The molecule has 1 aromatic carbocycles. The molecule has 130 valence electrons. The Morgan fingerprint density at radius 2 is 2.00 bits per heavy atom. The van der Waals surface area contributed by atoms with Crippen molar-refractivity contribution in [1.82, 2.24) is 5.32 Å². The molecule has 3 rings (SSSR count). The summed E-state index contributed by atoms with van der Waals surface area (Å²) in [6.45, 7) is 1.75. The van der Waals surface area contributed by atoms with E-state index in [2.05, 4.69) is 10.6 Å². The fourth-order valence-corrected chi connectivity index (χ4v) is 3.72. The number of nitrogens with zero attached hydrogens (tertiary/aromatic N) is 1. The van der Waals surface area contributed by atoms with Gasteiger partial charge in [-0.2, -0.15) is 0 Å². The molecule has 0 atom stereocenters.